The van der Waals surface area contributed by atoms with E-state index in [4.69, 9.17) is 0 Å². The molecule has 0 fully saturated rings. The molecule has 4 nitrogen and oxygen atoms in total. The fraction of sp³-hybridized carbons (Fsp3) is 0.0667. The number of H-pyrrole nitrogens is 1. The van der Waals surface area contributed by atoms with E-state index >= 15 is 0 Å². The molecule has 0 spiro atoms. The van der Waals surface area contributed by atoms with Gasteiger partial charge in [-0.2, -0.15) is 0 Å². The maximum absolute atomic E-state index is 12.5. The first-order valence-electron chi connectivity index (χ1n) is 6.06. The van der Waals surface area contributed by atoms with Crippen molar-refractivity contribution in [1.82, 2.24) is 9.55 Å². The van der Waals surface area contributed by atoms with Gasteiger partial charge in [-0.1, -0.05) is 12.1 Å². The number of para-hydroxylation sites is 1. The number of benzene rings is 1. The number of aromatic amines is 1. The third-order valence-electron chi connectivity index (χ3n) is 3.67. The van der Waals surface area contributed by atoms with Crippen LogP contribution in [-0.4, -0.2) is 15.5 Å². The van der Waals surface area contributed by atoms with Gasteiger partial charge in [0.15, 0.2) is 0 Å². The molecular formula is C15H10N2O2. The molecule has 0 bridgehead atoms. The molecule has 3 heterocycles. The van der Waals surface area contributed by atoms with Gasteiger partial charge >= 0.3 is 0 Å². The molecule has 0 amide bonds. The Labute approximate surface area is 108 Å². The standard InChI is InChI=1S/C15H10N2O2/c1-8-6-7-17-13(8)12-11(15(17)19)14(18)9-4-2-3-5-10(9)16-12/h2-7H,1H3,(H,16,18). The van der Waals surface area contributed by atoms with E-state index in [1.54, 1.807) is 18.3 Å². The first-order valence-corrected chi connectivity index (χ1v) is 6.06. The average molecular weight is 250 g/mol. The molecule has 0 saturated carbocycles. The lowest BCUT2D eigenvalue weighted by molar-refractivity contribution is 0.0968. The van der Waals surface area contributed by atoms with E-state index in [0.29, 0.717) is 11.1 Å². The Morgan fingerprint density at radius 2 is 1.89 bits per heavy atom. The summed E-state index contributed by atoms with van der Waals surface area (Å²) in [5.41, 5.74) is 3.22. The zero-order chi connectivity index (χ0) is 13.1. The van der Waals surface area contributed by atoms with Crippen LogP contribution in [0.2, 0.25) is 0 Å². The first-order chi connectivity index (χ1) is 9.18. The Hall–Kier alpha value is -2.62. The molecule has 0 radical (unpaired) electrons. The second-order valence-corrected chi connectivity index (χ2v) is 4.77. The van der Waals surface area contributed by atoms with E-state index in [1.807, 2.05) is 25.1 Å². The van der Waals surface area contributed by atoms with Gasteiger partial charge in [-0.15, -0.1) is 0 Å². The lowest BCUT2D eigenvalue weighted by Gasteiger charge is -2.03. The zero-order valence-electron chi connectivity index (χ0n) is 10.2. The van der Waals surface area contributed by atoms with Gasteiger partial charge in [0.05, 0.1) is 11.4 Å². The number of rotatable bonds is 0. The van der Waals surface area contributed by atoms with Gasteiger partial charge in [-0.05, 0) is 30.7 Å². The highest BCUT2D eigenvalue weighted by Crippen LogP contribution is 2.32. The first kappa shape index (κ1) is 10.3. The van der Waals surface area contributed by atoms with Crippen molar-refractivity contribution in [1.29, 1.82) is 0 Å². The summed E-state index contributed by atoms with van der Waals surface area (Å²) in [5.74, 6) is -0.245. The second-order valence-electron chi connectivity index (χ2n) is 4.77. The summed E-state index contributed by atoms with van der Waals surface area (Å²) in [4.78, 5) is 28.0. The van der Waals surface area contributed by atoms with Crippen LogP contribution in [0.15, 0.2) is 41.3 Å². The van der Waals surface area contributed by atoms with Gasteiger partial charge in [0.1, 0.15) is 5.56 Å². The molecule has 0 aliphatic carbocycles. The number of nitrogens with one attached hydrogen (secondary N) is 1. The lowest BCUT2D eigenvalue weighted by Crippen LogP contribution is -2.16. The Balaban J connectivity index is 2.24. The fourth-order valence-electron chi connectivity index (χ4n) is 2.75. The summed E-state index contributed by atoms with van der Waals surface area (Å²) in [6.07, 6.45) is 1.71. The Kier molecular flexibility index (Phi) is 1.75. The fourth-order valence-corrected chi connectivity index (χ4v) is 2.75. The zero-order valence-corrected chi connectivity index (χ0v) is 10.2. The molecule has 4 rings (SSSR count). The van der Waals surface area contributed by atoms with Crippen molar-refractivity contribution in [2.24, 2.45) is 0 Å². The van der Waals surface area contributed by atoms with Crippen LogP contribution < -0.4 is 5.43 Å². The second kappa shape index (κ2) is 3.23. The van der Waals surface area contributed by atoms with Crippen LogP contribution in [0.5, 0.6) is 0 Å². The number of aryl methyl sites for hydroxylation is 1. The van der Waals surface area contributed by atoms with E-state index < -0.39 is 0 Å². The SMILES string of the molecule is Cc1ccn2c1-c1[nH]c3ccccc3c(=O)c1C2=O. The van der Waals surface area contributed by atoms with Crippen molar-refractivity contribution < 1.29 is 4.79 Å². The number of carbonyl (C=O) groups is 1. The Morgan fingerprint density at radius 1 is 1.11 bits per heavy atom. The predicted octanol–water partition coefficient (Wildman–Crippen LogP) is 2.31. The minimum Gasteiger partial charge on any atom is -0.352 e. The largest absolute Gasteiger partial charge is 0.352 e. The normalized spacial score (nSPS) is 12.8. The van der Waals surface area contributed by atoms with Crippen LogP contribution in [-0.2, 0) is 0 Å². The quantitative estimate of drug-likeness (QED) is 0.520. The van der Waals surface area contributed by atoms with Gasteiger partial charge in [0.2, 0.25) is 5.43 Å². The molecule has 4 heteroatoms. The van der Waals surface area contributed by atoms with Gasteiger partial charge in [-0.3, -0.25) is 14.2 Å². The average Bonchev–Trinajstić information content (AvgIpc) is 2.91. The number of aromatic nitrogens is 2. The Bertz CT molecular complexity index is 916. The van der Waals surface area contributed by atoms with Crippen molar-refractivity contribution in [3.63, 3.8) is 0 Å². The van der Waals surface area contributed by atoms with Gasteiger partial charge in [0.25, 0.3) is 5.91 Å². The van der Waals surface area contributed by atoms with Crippen molar-refractivity contribution in [2.75, 3.05) is 0 Å². The molecule has 2 aromatic heterocycles. The van der Waals surface area contributed by atoms with Crippen molar-refractivity contribution in [3.05, 3.63) is 57.9 Å². The summed E-state index contributed by atoms with van der Waals surface area (Å²) in [7, 11) is 0. The number of carbonyl (C=O) groups excluding carboxylic acids is 1. The van der Waals surface area contributed by atoms with Gasteiger partial charge in [-0.25, -0.2) is 0 Å². The molecule has 1 aromatic carbocycles. The van der Waals surface area contributed by atoms with E-state index in [2.05, 4.69) is 4.98 Å². The number of hydrogen-bond acceptors (Lipinski definition) is 2. The van der Waals surface area contributed by atoms with Crippen molar-refractivity contribution >= 4 is 16.8 Å². The molecular weight excluding hydrogens is 240 g/mol. The van der Waals surface area contributed by atoms with E-state index in [0.717, 1.165) is 16.8 Å². The third-order valence-corrected chi connectivity index (χ3v) is 3.67. The summed E-state index contributed by atoms with van der Waals surface area (Å²) in [5, 5.41) is 0.554. The highest BCUT2D eigenvalue weighted by atomic mass is 16.2. The van der Waals surface area contributed by atoms with E-state index in [1.165, 1.54) is 4.57 Å². The summed E-state index contributed by atoms with van der Waals surface area (Å²) < 4.78 is 1.54. The number of fused-ring (bicyclic) bond motifs is 4. The van der Waals surface area contributed by atoms with Crippen LogP contribution in [0.4, 0.5) is 0 Å². The minimum absolute atomic E-state index is 0.197. The molecule has 0 atom stereocenters. The van der Waals surface area contributed by atoms with Crippen LogP contribution in [0.1, 0.15) is 15.9 Å². The number of nitrogens with zero attached hydrogens (tertiary/aromatic N) is 1. The molecule has 3 aromatic rings. The summed E-state index contributed by atoms with van der Waals surface area (Å²) in [6.45, 7) is 1.93. The molecule has 0 saturated heterocycles. The topological polar surface area (TPSA) is 54.9 Å². The van der Waals surface area contributed by atoms with Crippen LogP contribution in [0.25, 0.3) is 22.3 Å². The lowest BCUT2D eigenvalue weighted by atomic mass is 10.1. The van der Waals surface area contributed by atoms with Crippen LogP contribution >= 0.6 is 0 Å². The van der Waals surface area contributed by atoms with Crippen molar-refractivity contribution in [3.8, 4) is 11.4 Å². The van der Waals surface area contributed by atoms with Crippen molar-refractivity contribution in [2.45, 2.75) is 6.92 Å². The third kappa shape index (κ3) is 1.13. The summed E-state index contributed by atoms with van der Waals surface area (Å²) in [6, 6.07) is 9.14. The van der Waals surface area contributed by atoms with E-state index in [-0.39, 0.29) is 16.9 Å². The van der Waals surface area contributed by atoms with Gasteiger partial charge in [0, 0.05) is 17.1 Å². The monoisotopic (exact) mass is 250 g/mol. The van der Waals surface area contributed by atoms with Gasteiger partial charge < -0.3 is 4.98 Å². The maximum atomic E-state index is 12.5. The molecule has 1 N–H and O–H groups in total. The molecule has 1 aliphatic rings. The van der Waals surface area contributed by atoms with Crippen LogP contribution in [0.3, 0.4) is 0 Å². The predicted molar refractivity (Wildman–Crippen MR) is 72.5 cm³/mol. The smallest absolute Gasteiger partial charge is 0.268 e. The molecule has 92 valence electrons. The molecule has 0 unspecified atom stereocenters. The molecule has 19 heavy (non-hydrogen) atoms. The summed E-state index contributed by atoms with van der Waals surface area (Å²) >= 11 is 0. The van der Waals surface area contributed by atoms with Crippen LogP contribution in [0, 0.1) is 6.92 Å². The number of pyridine rings is 1. The highest BCUT2D eigenvalue weighted by molar-refractivity contribution is 6.10. The number of hydrogen-bond donors (Lipinski definition) is 1. The Morgan fingerprint density at radius 3 is 2.74 bits per heavy atom. The molecule has 1 aliphatic heterocycles. The van der Waals surface area contributed by atoms with E-state index in [9.17, 15) is 9.59 Å². The maximum Gasteiger partial charge on any atom is 0.268 e. The highest BCUT2D eigenvalue weighted by Gasteiger charge is 2.31. The minimum atomic E-state index is -0.245.